The predicted molar refractivity (Wildman–Crippen MR) is 85.9 cm³/mol. The lowest BCUT2D eigenvalue weighted by atomic mass is 10.2. The Hall–Kier alpha value is -0.910. The van der Waals surface area contributed by atoms with Crippen molar-refractivity contribution in [3.05, 3.63) is 28.2 Å². The molecule has 0 spiro atoms. The second-order valence-corrected chi connectivity index (χ2v) is 6.12. The zero-order chi connectivity index (χ0) is 15.3. The van der Waals surface area contributed by atoms with E-state index in [-0.39, 0.29) is 18.1 Å². The van der Waals surface area contributed by atoms with Crippen LogP contribution in [0.15, 0.2) is 22.7 Å². The maximum atomic E-state index is 12.2. The Morgan fingerprint density at radius 1 is 1.45 bits per heavy atom. The van der Waals surface area contributed by atoms with Gasteiger partial charge in [0.2, 0.25) is 5.91 Å². The van der Waals surface area contributed by atoms with E-state index in [2.05, 4.69) is 21.2 Å². The van der Waals surface area contributed by atoms with Gasteiger partial charge in [-0.2, -0.15) is 0 Å². The number of amides is 1. The van der Waals surface area contributed by atoms with E-state index in [9.17, 15) is 9.90 Å². The molecule has 0 saturated carbocycles. The summed E-state index contributed by atoms with van der Waals surface area (Å²) in [5.74, 6) is -0.0531. The molecule has 20 heavy (non-hydrogen) atoms. The normalized spacial score (nSPS) is 14.2. The third-order valence-electron chi connectivity index (χ3n) is 3.32. The molecule has 0 aliphatic rings. The lowest BCUT2D eigenvalue weighted by molar-refractivity contribution is -0.120. The van der Waals surface area contributed by atoms with E-state index in [0.717, 1.165) is 15.7 Å². The first-order chi connectivity index (χ1) is 9.31. The summed E-state index contributed by atoms with van der Waals surface area (Å²) in [7, 11) is 1.89. The van der Waals surface area contributed by atoms with Gasteiger partial charge in [-0.3, -0.25) is 9.69 Å². The monoisotopic (exact) mass is 342 g/mol. The Morgan fingerprint density at radius 2 is 2.10 bits per heavy atom. The number of hydrogen-bond donors (Lipinski definition) is 2. The van der Waals surface area contributed by atoms with Crippen molar-refractivity contribution in [2.45, 2.75) is 39.3 Å². The molecular weight excluding hydrogens is 320 g/mol. The van der Waals surface area contributed by atoms with Crippen LogP contribution < -0.4 is 5.32 Å². The van der Waals surface area contributed by atoms with E-state index in [1.807, 2.05) is 44.0 Å². The molecule has 1 aromatic carbocycles. The molecule has 2 atom stereocenters. The van der Waals surface area contributed by atoms with Crippen LogP contribution in [0.5, 0.6) is 0 Å². The van der Waals surface area contributed by atoms with Crippen LogP contribution in [0, 0.1) is 6.92 Å². The quantitative estimate of drug-likeness (QED) is 0.835. The average Bonchev–Trinajstić information content (AvgIpc) is 2.38. The third-order valence-corrected chi connectivity index (χ3v) is 3.98. The second kappa shape index (κ2) is 7.76. The van der Waals surface area contributed by atoms with E-state index in [0.29, 0.717) is 13.0 Å². The van der Waals surface area contributed by atoms with Crippen LogP contribution in [-0.4, -0.2) is 41.7 Å². The van der Waals surface area contributed by atoms with Gasteiger partial charge in [-0.1, -0.05) is 6.07 Å². The number of aliphatic hydroxyl groups excluding tert-OH is 1. The summed E-state index contributed by atoms with van der Waals surface area (Å²) in [6.07, 6.45) is 0.307. The van der Waals surface area contributed by atoms with Gasteiger partial charge in [0.15, 0.2) is 0 Å². The first-order valence-electron chi connectivity index (χ1n) is 6.76. The molecule has 0 aliphatic heterocycles. The van der Waals surface area contributed by atoms with Crippen LogP contribution in [0.4, 0.5) is 5.69 Å². The zero-order valence-electron chi connectivity index (χ0n) is 12.5. The van der Waals surface area contributed by atoms with Gasteiger partial charge in [0.1, 0.15) is 0 Å². The largest absolute Gasteiger partial charge is 0.393 e. The molecule has 4 nitrogen and oxygen atoms in total. The van der Waals surface area contributed by atoms with Gasteiger partial charge in [0.25, 0.3) is 0 Å². The SMILES string of the molecule is Cc1ccc(NC(=O)C(C)N(C)CCC(C)O)c(Br)c1. The minimum Gasteiger partial charge on any atom is -0.393 e. The number of halogens is 1. The number of carbonyl (C=O) groups is 1. The topological polar surface area (TPSA) is 52.6 Å². The molecule has 2 N–H and O–H groups in total. The molecule has 2 unspecified atom stereocenters. The Labute approximate surface area is 129 Å². The first-order valence-corrected chi connectivity index (χ1v) is 7.56. The number of likely N-dealkylation sites (N-methyl/N-ethyl adjacent to an activating group) is 1. The van der Waals surface area contributed by atoms with Crippen LogP contribution in [-0.2, 0) is 4.79 Å². The molecule has 0 heterocycles. The predicted octanol–water partition coefficient (Wildman–Crippen LogP) is 2.79. The van der Waals surface area contributed by atoms with Crippen LogP contribution in [0.2, 0.25) is 0 Å². The van der Waals surface area contributed by atoms with Crippen molar-refractivity contribution < 1.29 is 9.90 Å². The van der Waals surface area contributed by atoms with E-state index in [1.54, 1.807) is 6.92 Å². The summed E-state index contributed by atoms with van der Waals surface area (Å²) in [4.78, 5) is 14.1. The molecule has 1 aromatic rings. The van der Waals surface area contributed by atoms with Gasteiger partial charge in [0, 0.05) is 11.0 Å². The molecule has 0 fully saturated rings. The number of carbonyl (C=O) groups excluding carboxylic acids is 1. The molecule has 0 bridgehead atoms. The number of aliphatic hydroxyl groups is 1. The summed E-state index contributed by atoms with van der Waals surface area (Å²) >= 11 is 3.45. The maximum Gasteiger partial charge on any atom is 0.241 e. The lowest BCUT2D eigenvalue weighted by Crippen LogP contribution is -2.40. The van der Waals surface area contributed by atoms with Gasteiger partial charge in [0.05, 0.1) is 17.8 Å². The van der Waals surface area contributed by atoms with Crippen molar-refractivity contribution in [2.24, 2.45) is 0 Å². The Balaban J connectivity index is 2.61. The molecule has 0 saturated heterocycles. The van der Waals surface area contributed by atoms with Crippen LogP contribution in [0.3, 0.4) is 0 Å². The van der Waals surface area contributed by atoms with Crippen LogP contribution >= 0.6 is 15.9 Å². The highest BCUT2D eigenvalue weighted by Gasteiger charge is 2.18. The number of aryl methyl sites for hydroxylation is 1. The van der Waals surface area contributed by atoms with Crippen molar-refractivity contribution in [3.8, 4) is 0 Å². The van der Waals surface area contributed by atoms with E-state index in [1.165, 1.54) is 0 Å². The lowest BCUT2D eigenvalue weighted by Gasteiger charge is -2.24. The number of benzene rings is 1. The minimum atomic E-state index is -0.348. The summed E-state index contributed by atoms with van der Waals surface area (Å²) in [5, 5.41) is 12.2. The van der Waals surface area contributed by atoms with Crippen molar-refractivity contribution in [1.29, 1.82) is 0 Å². The third kappa shape index (κ3) is 5.23. The van der Waals surface area contributed by atoms with E-state index >= 15 is 0 Å². The van der Waals surface area contributed by atoms with Crippen molar-refractivity contribution in [2.75, 3.05) is 18.9 Å². The van der Waals surface area contributed by atoms with E-state index in [4.69, 9.17) is 0 Å². The smallest absolute Gasteiger partial charge is 0.241 e. The molecule has 0 radical (unpaired) electrons. The fraction of sp³-hybridized carbons (Fsp3) is 0.533. The van der Waals surface area contributed by atoms with Crippen molar-refractivity contribution >= 4 is 27.5 Å². The summed E-state index contributed by atoms with van der Waals surface area (Å²) < 4.78 is 0.879. The molecular formula is C15H23BrN2O2. The summed E-state index contributed by atoms with van der Waals surface area (Å²) in [6, 6.07) is 5.57. The fourth-order valence-corrected chi connectivity index (χ4v) is 2.34. The van der Waals surface area contributed by atoms with Crippen LogP contribution in [0.25, 0.3) is 0 Å². The van der Waals surface area contributed by atoms with Gasteiger partial charge in [-0.25, -0.2) is 0 Å². The molecule has 1 rings (SSSR count). The molecule has 1 amide bonds. The second-order valence-electron chi connectivity index (χ2n) is 5.27. The molecule has 0 aliphatic carbocycles. The Kier molecular flexibility index (Phi) is 6.65. The first kappa shape index (κ1) is 17.1. The number of rotatable bonds is 6. The van der Waals surface area contributed by atoms with Gasteiger partial charge in [-0.15, -0.1) is 0 Å². The summed E-state index contributed by atoms with van der Waals surface area (Å²) in [5.41, 5.74) is 1.91. The fourth-order valence-electron chi connectivity index (χ4n) is 1.74. The van der Waals surface area contributed by atoms with Gasteiger partial charge < -0.3 is 10.4 Å². The van der Waals surface area contributed by atoms with E-state index < -0.39 is 0 Å². The number of hydrogen-bond acceptors (Lipinski definition) is 3. The Morgan fingerprint density at radius 3 is 2.65 bits per heavy atom. The highest BCUT2D eigenvalue weighted by molar-refractivity contribution is 9.10. The summed E-state index contributed by atoms with van der Waals surface area (Å²) in [6.45, 7) is 6.30. The molecule has 112 valence electrons. The number of nitrogens with zero attached hydrogens (tertiary/aromatic N) is 1. The highest BCUT2D eigenvalue weighted by Crippen LogP contribution is 2.23. The van der Waals surface area contributed by atoms with Crippen molar-refractivity contribution in [3.63, 3.8) is 0 Å². The molecule has 5 heteroatoms. The standard InChI is InChI=1S/C15H23BrN2O2/c1-10-5-6-14(13(16)9-10)17-15(20)12(3)18(4)8-7-11(2)19/h5-6,9,11-12,19H,7-8H2,1-4H3,(H,17,20). The molecule has 0 aromatic heterocycles. The van der Waals surface area contributed by atoms with Gasteiger partial charge >= 0.3 is 0 Å². The van der Waals surface area contributed by atoms with Crippen LogP contribution in [0.1, 0.15) is 25.8 Å². The highest BCUT2D eigenvalue weighted by atomic mass is 79.9. The number of anilines is 1. The zero-order valence-corrected chi connectivity index (χ0v) is 14.1. The number of nitrogens with one attached hydrogen (secondary N) is 1. The van der Waals surface area contributed by atoms with Crippen molar-refractivity contribution in [1.82, 2.24) is 4.90 Å². The average molecular weight is 343 g/mol. The maximum absolute atomic E-state index is 12.2. The Bertz CT molecular complexity index is 463. The van der Waals surface area contributed by atoms with Gasteiger partial charge in [-0.05, 0) is 67.9 Å². The minimum absolute atomic E-state index is 0.0531.